The average Bonchev–Trinajstić information content (AvgIpc) is 2.73. The van der Waals surface area contributed by atoms with E-state index in [-0.39, 0.29) is 0 Å². The second kappa shape index (κ2) is 4.73. The summed E-state index contributed by atoms with van der Waals surface area (Å²) in [5.41, 5.74) is 9.74. The minimum Gasteiger partial charge on any atom is -0.369 e. The Bertz CT molecular complexity index is 661. The molecule has 0 amide bonds. The highest BCUT2D eigenvalue weighted by atomic mass is 15.2. The van der Waals surface area contributed by atoms with E-state index in [0.717, 1.165) is 5.52 Å². The van der Waals surface area contributed by atoms with E-state index >= 15 is 0 Å². The van der Waals surface area contributed by atoms with Gasteiger partial charge in [-0.05, 0) is 57.4 Å². The molecular formula is C17H24N4. The Morgan fingerprint density at radius 1 is 1.14 bits per heavy atom. The van der Waals surface area contributed by atoms with E-state index in [1.807, 2.05) is 0 Å². The summed E-state index contributed by atoms with van der Waals surface area (Å²) in [6.45, 7) is 2.11. The van der Waals surface area contributed by atoms with Crippen molar-refractivity contribution in [2.24, 2.45) is 0 Å². The van der Waals surface area contributed by atoms with Gasteiger partial charge in [0.1, 0.15) is 0 Å². The third kappa shape index (κ3) is 2.04. The monoisotopic (exact) mass is 284 g/mol. The molecule has 2 aromatic rings. The number of nitrogens with zero attached hydrogens (tertiary/aromatic N) is 3. The molecule has 0 radical (unpaired) electrons. The van der Waals surface area contributed by atoms with Gasteiger partial charge in [0.25, 0.3) is 0 Å². The summed E-state index contributed by atoms with van der Waals surface area (Å²) in [5.74, 6) is 0.684. The highest BCUT2D eigenvalue weighted by molar-refractivity contribution is 5.79. The van der Waals surface area contributed by atoms with Crippen molar-refractivity contribution in [2.45, 2.75) is 57.2 Å². The van der Waals surface area contributed by atoms with Crippen molar-refractivity contribution < 1.29 is 0 Å². The van der Waals surface area contributed by atoms with E-state index in [1.54, 1.807) is 0 Å². The van der Waals surface area contributed by atoms with Gasteiger partial charge >= 0.3 is 0 Å². The molecule has 21 heavy (non-hydrogen) atoms. The number of hydrogen-bond acceptors (Lipinski definition) is 3. The molecule has 0 saturated carbocycles. The van der Waals surface area contributed by atoms with Crippen molar-refractivity contribution in [1.29, 1.82) is 0 Å². The Morgan fingerprint density at radius 2 is 1.86 bits per heavy atom. The molecule has 1 aromatic carbocycles. The van der Waals surface area contributed by atoms with Crippen LogP contribution in [0.3, 0.4) is 0 Å². The van der Waals surface area contributed by atoms with Gasteiger partial charge in [-0.2, -0.15) is 0 Å². The lowest BCUT2D eigenvalue weighted by Crippen LogP contribution is -2.50. The summed E-state index contributed by atoms with van der Waals surface area (Å²) in [5, 5.41) is 0. The molecule has 2 aliphatic heterocycles. The Morgan fingerprint density at radius 3 is 2.57 bits per heavy atom. The number of fused-ring (bicyclic) bond motifs is 3. The van der Waals surface area contributed by atoms with Crippen molar-refractivity contribution in [2.75, 3.05) is 12.8 Å². The molecule has 2 unspecified atom stereocenters. The number of aryl methyl sites for hydroxylation is 1. The fourth-order valence-electron chi connectivity index (χ4n) is 4.41. The highest BCUT2D eigenvalue weighted by Crippen LogP contribution is 2.40. The summed E-state index contributed by atoms with van der Waals surface area (Å²) in [6, 6.07) is 8.41. The molecule has 1 aromatic heterocycles. The summed E-state index contributed by atoms with van der Waals surface area (Å²) in [7, 11) is 2.30. The van der Waals surface area contributed by atoms with Crippen molar-refractivity contribution in [3.8, 4) is 0 Å². The summed E-state index contributed by atoms with van der Waals surface area (Å²) < 4.78 is 2.30. The van der Waals surface area contributed by atoms with Crippen LogP contribution in [0.25, 0.3) is 11.0 Å². The van der Waals surface area contributed by atoms with Crippen molar-refractivity contribution >= 4 is 17.0 Å². The van der Waals surface area contributed by atoms with Gasteiger partial charge in [0.05, 0.1) is 11.0 Å². The molecule has 112 valence electrons. The average molecular weight is 284 g/mol. The van der Waals surface area contributed by atoms with E-state index in [9.17, 15) is 0 Å². The van der Waals surface area contributed by atoms with E-state index in [1.165, 1.54) is 43.2 Å². The molecule has 0 spiro atoms. The standard InChI is InChI=1S/C17H24N4/c1-11-6-7-16-15(8-11)19-17(18)21(16)14-9-12-4-3-5-13(10-14)20(12)2/h6-8,12-14H,3-5,9-10H2,1-2H3,(H2,18,19). The van der Waals surface area contributed by atoms with Gasteiger partial charge in [0, 0.05) is 18.1 Å². The number of aromatic nitrogens is 2. The molecule has 3 heterocycles. The fraction of sp³-hybridized carbons (Fsp3) is 0.588. The maximum atomic E-state index is 6.26. The van der Waals surface area contributed by atoms with Gasteiger partial charge in [-0.15, -0.1) is 0 Å². The van der Waals surface area contributed by atoms with Crippen LogP contribution in [0.2, 0.25) is 0 Å². The zero-order chi connectivity index (χ0) is 14.6. The van der Waals surface area contributed by atoms with Crippen LogP contribution in [0.1, 0.15) is 43.7 Å². The van der Waals surface area contributed by atoms with Gasteiger partial charge in [-0.25, -0.2) is 4.98 Å². The van der Waals surface area contributed by atoms with Gasteiger partial charge in [0.2, 0.25) is 5.95 Å². The Balaban J connectivity index is 1.75. The first-order chi connectivity index (χ1) is 10.1. The molecule has 4 rings (SSSR count). The van der Waals surface area contributed by atoms with Crippen LogP contribution >= 0.6 is 0 Å². The normalized spacial score (nSPS) is 29.9. The lowest BCUT2D eigenvalue weighted by molar-refractivity contribution is 0.0415. The Kier molecular flexibility index (Phi) is 2.96. The van der Waals surface area contributed by atoms with Crippen LogP contribution in [-0.4, -0.2) is 33.6 Å². The van der Waals surface area contributed by atoms with Gasteiger partial charge < -0.3 is 15.2 Å². The summed E-state index contributed by atoms with van der Waals surface area (Å²) >= 11 is 0. The molecule has 4 heteroatoms. The lowest BCUT2D eigenvalue weighted by atomic mass is 9.82. The van der Waals surface area contributed by atoms with E-state index in [2.05, 4.69) is 46.6 Å². The van der Waals surface area contributed by atoms with Crippen molar-refractivity contribution in [3.63, 3.8) is 0 Å². The first kappa shape index (κ1) is 13.1. The zero-order valence-electron chi connectivity index (χ0n) is 12.9. The highest BCUT2D eigenvalue weighted by Gasteiger charge is 2.37. The van der Waals surface area contributed by atoms with Crippen molar-refractivity contribution in [1.82, 2.24) is 14.5 Å². The first-order valence-corrected chi connectivity index (χ1v) is 8.09. The molecule has 0 aliphatic carbocycles. The zero-order valence-corrected chi connectivity index (χ0v) is 12.9. The van der Waals surface area contributed by atoms with Crippen LogP contribution < -0.4 is 5.73 Å². The quantitative estimate of drug-likeness (QED) is 0.875. The Hall–Kier alpha value is -1.55. The molecule has 2 N–H and O–H groups in total. The molecule has 2 atom stereocenters. The Labute approximate surface area is 125 Å². The smallest absolute Gasteiger partial charge is 0.201 e. The largest absolute Gasteiger partial charge is 0.369 e. The van der Waals surface area contributed by atoms with Crippen molar-refractivity contribution in [3.05, 3.63) is 23.8 Å². The predicted molar refractivity (Wildman–Crippen MR) is 86.3 cm³/mol. The van der Waals surface area contributed by atoms with E-state index < -0.39 is 0 Å². The second-order valence-corrected chi connectivity index (χ2v) is 6.86. The summed E-state index contributed by atoms with van der Waals surface area (Å²) in [6.07, 6.45) is 6.45. The second-order valence-electron chi connectivity index (χ2n) is 6.86. The molecule has 2 aliphatic rings. The van der Waals surface area contributed by atoms with Crippen LogP contribution in [-0.2, 0) is 0 Å². The maximum Gasteiger partial charge on any atom is 0.201 e. The molecule has 2 fully saturated rings. The maximum absolute atomic E-state index is 6.26. The molecule has 4 nitrogen and oxygen atoms in total. The number of piperidine rings is 2. The first-order valence-electron chi connectivity index (χ1n) is 8.09. The summed E-state index contributed by atoms with van der Waals surface area (Å²) in [4.78, 5) is 7.19. The van der Waals surface area contributed by atoms with E-state index in [4.69, 9.17) is 5.73 Å². The van der Waals surface area contributed by atoms with Gasteiger partial charge in [-0.1, -0.05) is 12.5 Å². The van der Waals surface area contributed by atoms with Gasteiger partial charge in [0.15, 0.2) is 0 Å². The number of imidazole rings is 1. The van der Waals surface area contributed by atoms with Crippen LogP contribution in [0, 0.1) is 6.92 Å². The number of anilines is 1. The van der Waals surface area contributed by atoms with Gasteiger partial charge in [-0.3, -0.25) is 0 Å². The predicted octanol–water partition coefficient (Wildman–Crippen LogP) is 3.11. The SMILES string of the molecule is Cc1ccc2c(c1)nc(N)n2C1CC2CCCC(C1)N2C. The number of rotatable bonds is 1. The molecule has 2 saturated heterocycles. The number of nitrogens with two attached hydrogens (primary N) is 1. The number of hydrogen-bond donors (Lipinski definition) is 1. The molecular weight excluding hydrogens is 260 g/mol. The minimum atomic E-state index is 0.504. The third-order valence-corrected chi connectivity index (χ3v) is 5.55. The minimum absolute atomic E-state index is 0.504. The lowest BCUT2D eigenvalue weighted by Gasteiger charge is -2.47. The topological polar surface area (TPSA) is 47.1 Å². The van der Waals surface area contributed by atoms with Crippen LogP contribution in [0.5, 0.6) is 0 Å². The number of benzene rings is 1. The fourth-order valence-corrected chi connectivity index (χ4v) is 4.41. The van der Waals surface area contributed by atoms with E-state index in [0.29, 0.717) is 24.1 Å². The molecule has 2 bridgehead atoms. The van der Waals surface area contributed by atoms with Crippen LogP contribution in [0.15, 0.2) is 18.2 Å². The number of nitrogen functional groups attached to an aromatic ring is 1. The van der Waals surface area contributed by atoms with Crippen LogP contribution in [0.4, 0.5) is 5.95 Å². The third-order valence-electron chi connectivity index (χ3n) is 5.55.